The van der Waals surface area contributed by atoms with Gasteiger partial charge in [0.25, 0.3) is 0 Å². The van der Waals surface area contributed by atoms with Gasteiger partial charge in [0.05, 0.1) is 0 Å². The molecule has 1 aliphatic rings. The molecule has 0 spiro atoms. The zero-order chi connectivity index (χ0) is 31.1. The van der Waals surface area contributed by atoms with E-state index in [2.05, 4.69) is 10.6 Å². The van der Waals surface area contributed by atoms with Gasteiger partial charge in [0, 0.05) is 19.0 Å². The standard InChI is InChI=1S/C35H43N3O5/c1-23-14-15-24(2)29(20-23)31(32(40)36-22-26-10-7-6-8-11-26)38(27-12-9-13-27)33(41)30(37-34(42)43-35(3,4)5)21-25-16-18-28(39)19-17-25/h6-8,10-11,14-20,27,30-31,39H,9,12-13,21-22H2,1-5H3,(H,36,40)(H,37,42). The van der Waals surface area contributed by atoms with Gasteiger partial charge in [-0.1, -0.05) is 66.2 Å². The third-order valence-electron chi connectivity index (χ3n) is 7.65. The number of ether oxygens (including phenoxy) is 1. The summed E-state index contributed by atoms with van der Waals surface area (Å²) >= 11 is 0. The van der Waals surface area contributed by atoms with Crippen molar-refractivity contribution in [3.05, 3.63) is 101 Å². The van der Waals surface area contributed by atoms with Crippen LogP contribution in [0.5, 0.6) is 5.75 Å². The van der Waals surface area contributed by atoms with Crippen molar-refractivity contribution in [2.24, 2.45) is 0 Å². The number of phenolic OH excluding ortho intramolecular Hbond substituents is 1. The van der Waals surface area contributed by atoms with Gasteiger partial charge in [0.15, 0.2) is 0 Å². The number of hydrogen-bond donors (Lipinski definition) is 3. The Labute approximate surface area is 254 Å². The van der Waals surface area contributed by atoms with Crippen LogP contribution >= 0.6 is 0 Å². The van der Waals surface area contributed by atoms with Crippen LogP contribution in [0.2, 0.25) is 0 Å². The van der Waals surface area contributed by atoms with Crippen LogP contribution in [-0.2, 0) is 27.3 Å². The Morgan fingerprint density at radius 3 is 2.23 bits per heavy atom. The minimum atomic E-state index is -1.01. The zero-order valence-electron chi connectivity index (χ0n) is 25.7. The summed E-state index contributed by atoms with van der Waals surface area (Å²) in [6.07, 6.45) is 1.92. The number of rotatable bonds is 10. The van der Waals surface area contributed by atoms with Crippen LogP contribution in [0.3, 0.4) is 0 Å². The fourth-order valence-electron chi connectivity index (χ4n) is 5.23. The second kappa shape index (κ2) is 13.8. The molecule has 0 bridgehead atoms. The number of carbonyl (C=O) groups excluding carboxylic acids is 3. The Kier molecular flexibility index (Phi) is 10.1. The molecule has 3 aromatic carbocycles. The van der Waals surface area contributed by atoms with E-state index in [1.807, 2.05) is 62.4 Å². The smallest absolute Gasteiger partial charge is 0.408 e. The quantitative estimate of drug-likeness (QED) is 0.275. The van der Waals surface area contributed by atoms with E-state index in [1.165, 1.54) is 0 Å². The molecule has 228 valence electrons. The highest BCUT2D eigenvalue weighted by Crippen LogP contribution is 2.35. The van der Waals surface area contributed by atoms with E-state index in [1.54, 1.807) is 49.9 Å². The average molecular weight is 586 g/mol. The van der Waals surface area contributed by atoms with Gasteiger partial charge in [-0.25, -0.2) is 4.79 Å². The molecule has 0 radical (unpaired) electrons. The fourth-order valence-corrected chi connectivity index (χ4v) is 5.23. The second-order valence-corrected chi connectivity index (χ2v) is 12.4. The maximum Gasteiger partial charge on any atom is 0.408 e. The zero-order valence-corrected chi connectivity index (χ0v) is 25.7. The summed E-state index contributed by atoms with van der Waals surface area (Å²) in [7, 11) is 0. The molecular formula is C35H43N3O5. The molecule has 1 saturated carbocycles. The minimum absolute atomic E-state index is 0.105. The number of benzene rings is 3. The number of nitrogens with one attached hydrogen (secondary N) is 2. The number of phenols is 1. The highest BCUT2D eigenvalue weighted by Gasteiger charge is 2.42. The van der Waals surface area contributed by atoms with E-state index >= 15 is 0 Å². The molecule has 43 heavy (non-hydrogen) atoms. The summed E-state index contributed by atoms with van der Waals surface area (Å²) in [6.45, 7) is 9.52. The van der Waals surface area contributed by atoms with E-state index < -0.39 is 23.8 Å². The van der Waals surface area contributed by atoms with Gasteiger partial charge >= 0.3 is 6.09 Å². The highest BCUT2D eigenvalue weighted by molar-refractivity contribution is 5.93. The van der Waals surface area contributed by atoms with Gasteiger partial charge in [0.2, 0.25) is 11.8 Å². The van der Waals surface area contributed by atoms with Crippen molar-refractivity contribution < 1.29 is 24.2 Å². The monoisotopic (exact) mass is 585 g/mol. The van der Waals surface area contributed by atoms with E-state index in [9.17, 15) is 19.5 Å². The molecule has 0 saturated heterocycles. The van der Waals surface area contributed by atoms with Gasteiger partial charge < -0.3 is 25.4 Å². The van der Waals surface area contributed by atoms with Gasteiger partial charge in [-0.15, -0.1) is 0 Å². The number of alkyl carbamates (subject to hydrolysis) is 1. The molecule has 2 unspecified atom stereocenters. The van der Waals surface area contributed by atoms with Crippen molar-refractivity contribution in [2.45, 2.75) is 90.6 Å². The Hall–Kier alpha value is -4.33. The van der Waals surface area contributed by atoms with Crippen molar-refractivity contribution in [3.63, 3.8) is 0 Å². The maximum absolute atomic E-state index is 14.7. The van der Waals surface area contributed by atoms with Crippen molar-refractivity contribution in [3.8, 4) is 5.75 Å². The van der Waals surface area contributed by atoms with Crippen LogP contribution in [0.15, 0.2) is 72.8 Å². The molecule has 3 aromatic rings. The Bertz CT molecular complexity index is 1410. The van der Waals surface area contributed by atoms with Gasteiger partial charge in [0.1, 0.15) is 23.4 Å². The average Bonchev–Trinajstić information content (AvgIpc) is 2.92. The fraction of sp³-hybridized carbons (Fsp3) is 0.400. The topological polar surface area (TPSA) is 108 Å². The van der Waals surface area contributed by atoms with E-state index in [-0.39, 0.29) is 30.0 Å². The van der Waals surface area contributed by atoms with E-state index in [4.69, 9.17) is 4.74 Å². The lowest BCUT2D eigenvalue weighted by Gasteiger charge is -2.44. The third-order valence-corrected chi connectivity index (χ3v) is 7.65. The molecule has 0 heterocycles. The summed E-state index contributed by atoms with van der Waals surface area (Å²) in [5.74, 6) is -0.532. The van der Waals surface area contributed by atoms with Gasteiger partial charge in [-0.3, -0.25) is 9.59 Å². The molecule has 1 fully saturated rings. The van der Waals surface area contributed by atoms with Crippen molar-refractivity contribution in [2.75, 3.05) is 0 Å². The molecule has 0 aliphatic heterocycles. The van der Waals surface area contributed by atoms with Crippen LogP contribution < -0.4 is 10.6 Å². The van der Waals surface area contributed by atoms with E-state index in [0.29, 0.717) is 6.54 Å². The number of aryl methyl sites for hydroxylation is 2. The van der Waals surface area contributed by atoms with E-state index in [0.717, 1.165) is 47.1 Å². The Balaban J connectivity index is 1.74. The third kappa shape index (κ3) is 8.60. The summed E-state index contributed by atoms with van der Waals surface area (Å²) in [4.78, 5) is 43.5. The number of carbonyl (C=O) groups is 3. The molecule has 8 heteroatoms. The SMILES string of the molecule is Cc1ccc(C)c(C(C(=O)NCc2ccccc2)N(C(=O)C(Cc2ccc(O)cc2)NC(=O)OC(C)(C)C)C2CCC2)c1. The molecule has 0 aromatic heterocycles. The normalized spacial score (nSPS) is 14.6. The van der Waals surface area contributed by atoms with Crippen molar-refractivity contribution in [1.29, 1.82) is 0 Å². The first-order valence-electron chi connectivity index (χ1n) is 14.9. The highest BCUT2D eigenvalue weighted by atomic mass is 16.6. The number of hydrogen-bond acceptors (Lipinski definition) is 5. The Morgan fingerprint density at radius 1 is 0.953 bits per heavy atom. The maximum atomic E-state index is 14.7. The van der Waals surface area contributed by atoms with Crippen LogP contribution in [0.4, 0.5) is 4.79 Å². The van der Waals surface area contributed by atoms with Crippen LogP contribution in [0.25, 0.3) is 0 Å². The summed E-state index contributed by atoms with van der Waals surface area (Å²) in [5.41, 5.74) is 3.58. The van der Waals surface area contributed by atoms with Crippen molar-refractivity contribution in [1.82, 2.24) is 15.5 Å². The molecule has 4 rings (SSSR count). The molecular weight excluding hydrogens is 542 g/mol. The largest absolute Gasteiger partial charge is 0.508 e. The lowest BCUT2D eigenvalue weighted by atomic mass is 9.86. The number of aromatic hydroxyl groups is 1. The first-order valence-corrected chi connectivity index (χ1v) is 14.9. The molecule has 3 N–H and O–H groups in total. The first-order chi connectivity index (χ1) is 20.4. The summed E-state index contributed by atoms with van der Waals surface area (Å²) < 4.78 is 5.53. The predicted molar refractivity (Wildman–Crippen MR) is 166 cm³/mol. The van der Waals surface area contributed by atoms with Crippen LogP contribution in [0.1, 0.15) is 73.9 Å². The molecule has 2 atom stereocenters. The van der Waals surface area contributed by atoms with Gasteiger partial charge in [-0.05, 0) is 88.3 Å². The predicted octanol–water partition coefficient (Wildman–Crippen LogP) is 5.88. The summed E-state index contributed by atoms with van der Waals surface area (Å²) in [5, 5.41) is 15.7. The number of nitrogens with zero attached hydrogens (tertiary/aromatic N) is 1. The minimum Gasteiger partial charge on any atom is -0.508 e. The summed E-state index contributed by atoms with van der Waals surface area (Å²) in [6, 6.07) is 20.0. The first kappa shape index (κ1) is 31.6. The lowest BCUT2D eigenvalue weighted by molar-refractivity contribution is -0.147. The lowest BCUT2D eigenvalue weighted by Crippen LogP contribution is -2.58. The second-order valence-electron chi connectivity index (χ2n) is 12.4. The molecule has 3 amide bonds. The number of amides is 3. The van der Waals surface area contributed by atoms with Crippen LogP contribution in [-0.4, -0.2) is 45.6 Å². The van der Waals surface area contributed by atoms with Crippen molar-refractivity contribution >= 4 is 17.9 Å². The van der Waals surface area contributed by atoms with Crippen LogP contribution in [0, 0.1) is 13.8 Å². The molecule has 1 aliphatic carbocycles. The Morgan fingerprint density at radius 2 is 1.63 bits per heavy atom. The molecule has 8 nitrogen and oxygen atoms in total. The van der Waals surface area contributed by atoms with Gasteiger partial charge in [-0.2, -0.15) is 0 Å².